The van der Waals surface area contributed by atoms with Crippen molar-refractivity contribution >= 4 is 28.5 Å². The van der Waals surface area contributed by atoms with Crippen molar-refractivity contribution in [3.8, 4) is 0 Å². The second kappa shape index (κ2) is 5.32. The first-order chi connectivity index (χ1) is 9.33. The van der Waals surface area contributed by atoms with Crippen LogP contribution in [0.2, 0.25) is 0 Å². The number of aromatic nitrogens is 2. The van der Waals surface area contributed by atoms with E-state index in [1.807, 2.05) is 25.1 Å². The Hall–Kier alpha value is -1.75. The van der Waals surface area contributed by atoms with Crippen molar-refractivity contribution in [3.05, 3.63) is 34.2 Å². The molecule has 2 aromatic rings. The molecule has 0 aliphatic heterocycles. The van der Waals surface area contributed by atoms with Crippen LogP contribution in [0.5, 0.6) is 0 Å². The molecule has 5 nitrogen and oxygen atoms in total. The molecule has 1 amide bonds. The van der Waals surface area contributed by atoms with Crippen LogP contribution in [0.4, 0.5) is 0 Å². The molecule has 0 fully saturated rings. The standard InChI is InChI=1S/C14H18ClN3O2/c1-8(16-12(19)14(2,3)7-15)9-4-5-10-11(6-9)18-13(20)17-10/h4-6,8H,7H2,1-3H3,(H,16,19)(H2,17,18,20). The fourth-order valence-electron chi connectivity index (χ4n) is 1.86. The molecule has 3 N–H and O–H groups in total. The lowest BCUT2D eigenvalue weighted by Gasteiger charge is -2.24. The number of imidazole rings is 1. The van der Waals surface area contributed by atoms with E-state index in [0.29, 0.717) is 0 Å². The highest BCUT2D eigenvalue weighted by molar-refractivity contribution is 6.19. The summed E-state index contributed by atoms with van der Waals surface area (Å²) in [7, 11) is 0. The molecule has 20 heavy (non-hydrogen) atoms. The molecule has 1 aromatic heterocycles. The molecule has 0 aliphatic rings. The molecule has 0 spiro atoms. The lowest BCUT2D eigenvalue weighted by Crippen LogP contribution is -2.39. The zero-order chi connectivity index (χ0) is 14.9. The van der Waals surface area contributed by atoms with Crippen LogP contribution in [0.25, 0.3) is 11.0 Å². The smallest absolute Gasteiger partial charge is 0.323 e. The van der Waals surface area contributed by atoms with E-state index in [-0.39, 0.29) is 23.5 Å². The van der Waals surface area contributed by atoms with Crippen LogP contribution in [0, 0.1) is 5.41 Å². The van der Waals surface area contributed by atoms with Gasteiger partial charge in [0.05, 0.1) is 22.5 Å². The van der Waals surface area contributed by atoms with Crippen molar-refractivity contribution < 1.29 is 4.79 Å². The van der Waals surface area contributed by atoms with Crippen molar-refractivity contribution in [2.24, 2.45) is 5.41 Å². The molecule has 1 heterocycles. The minimum atomic E-state index is -0.609. The Labute approximate surface area is 121 Å². The summed E-state index contributed by atoms with van der Waals surface area (Å²) in [6.07, 6.45) is 0. The summed E-state index contributed by atoms with van der Waals surface area (Å²) in [6, 6.07) is 5.39. The highest BCUT2D eigenvalue weighted by Crippen LogP contribution is 2.21. The first kappa shape index (κ1) is 14.7. The first-order valence-corrected chi connectivity index (χ1v) is 6.96. The molecule has 6 heteroatoms. The number of benzene rings is 1. The average Bonchev–Trinajstić information content (AvgIpc) is 2.77. The van der Waals surface area contributed by atoms with Gasteiger partial charge >= 0.3 is 5.69 Å². The molecule has 0 bridgehead atoms. The molecule has 0 radical (unpaired) electrons. The van der Waals surface area contributed by atoms with Gasteiger partial charge in [0, 0.05) is 5.88 Å². The van der Waals surface area contributed by atoms with Gasteiger partial charge in [0.1, 0.15) is 0 Å². The normalized spacial score (nSPS) is 13.4. The summed E-state index contributed by atoms with van der Waals surface area (Å²) in [6.45, 7) is 5.50. The number of fused-ring (bicyclic) bond motifs is 1. The van der Waals surface area contributed by atoms with Crippen LogP contribution in [0.3, 0.4) is 0 Å². The predicted octanol–water partition coefficient (Wildman–Crippen LogP) is 2.30. The quantitative estimate of drug-likeness (QED) is 0.757. The average molecular weight is 296 g/mol. The number of alkyl halides is 1. The number of aromatic amines is 2. The zero-order valence-electron chi connectivity index (χ0n) is 11.7. The van der Waals surface area contributed by atoms with E-state index < -0.39 is 5.41 Å². The maximum Gasteiger partial charge on any atom is 0.323 e. The van der Waals surface area contributed by atoms with Gasteiger partial charge in [0.25, 0.3) is 0 Å². The number of nitrogens with one attached hydrogen (secondary N) is 3. The van der Waals surface area contributed by atoms with Gasteiger partial charge in [0.15, 0.2) is 0 Å². The fraction of sp³-hybridized carbons (Fsp3) is 0.429. The second-order valence-electron chi connectivity index (χ2n) is 5.60. The molecule has 1 unspecified atom stereocenters. The van der Waals surface area contributed by atoms with E-state index >= 15 is 0 Å². The Balaban J connectivity index is 2.21. The molecule has 1 aromatic carbocycles. The number of amides is 1. The number of carbonyl (C=O) groups excluding carboxylic acids is 1. The maximum atomic E-state index is 12.1. The third-order valence-corrected chi connectivity index (χ3v) is 4.00. The minimum Gasteiger partial charge on any atom is -0.349 e. The van der Waals surface area contributed by atoms with E-state index in [2.05, 4.69) is 15.3 Å². The van der Waals surface area contributed by atoms with Crippen molar-refractivity contribution in [2.75, 3.05) is 5.88 Å². The number of halogens is 1. The van der Waals surface area contributed by atoms with Gasteiger partial charge in [0.2, 0.25) is 5.91 Å². The van der Waals surface area contributed by atoms with Crippen molar-refractivity contribution in [2.45, 2.75) is 26.8 Å². The molecule has 0 saturated heterocycles. The summed E-state index contributed by atoms with van der Waals surface area (Å²) in [5, 5.41) is 2.93. The van der Waals surface area contributed by atoms with Gasteiger partial charge in [-0.05, 0) is 38.5 Å². The Bertz CT molecular complexity index is 687. The predicted molar refractivity (Wildman–Crippen MR) is 80.0 cm³/mol. The third kappa shape index (κ3) is 2.88. The topological polar surface area (TPSA) is 77.8 Å². The van der Waals surface area contributed by atoms with E-state index in [1.54, 1.807) is 13.8 Å². The van der Waals surface area contributed by atoms with Gasteiger partial charge < -0.3 is 15.3 Å². The zero-order valence-corrected chi connectivity index (χ0v) is 12.5. The van der Waals surface area contributed by atoms with Crippen molar-refractivity contribution in [3.63, 3.8) is 0 Å². The highest BCUT2D eigenvalue weighted by Gasteiger charge is 2.27. The number of hydrogen-bond acceptors (Lipinski definition) is 2. The molecule has 1 atom stereocenters. The van der Waals surface area contributed by atoms with Gasteiger partial charge in [-0.15, -0.1) is 11.6 Å². The first-order valence-electron chi connectivity index (χ1n) is 6.42. The number of H-pyrrole nitrogens is 2. The van der Waals surface area contributed by atoms with Crippen LogP contribution in [0.15, 0.2) is 23.0 Å². The van der Waals surface area contributed by atoms with E-state index in [4.69, 9.17) is 11.6 Å². The summed E-state index contributed by atoms with van der Waals surface area (Å²) >= 11 is 5.79. The summed E-state index contributed by atoms with van der Waals surface area (Å²) in [5.74, 6) is 0.165. The molecule has 0 aliphatic carbocycles. The summed E-state index contributed by atoms with van der Waals surface area (Å²) in [5.41, 5.74) is 1.55. The summed E-state index contributed by atoms with van der Waals surface area (Å²) < 4.78 is 0. The molecular formula is C14H18ClN3O2. The Morgan fingerprint density at radius 1 is 1.35 bits per heavy atom. The third-order valence-electron chi connectivity index (χ3n) is 3.34. The number of rotatable bonds is 4. The molecule has 0 saturated carbocycles. The van der Waals surface area contributed by atoms with Crippen LogP contribution in [-0.4, -0.2) is 21.8 Å². The second-order valence-corrected chi connectivity index (χ2v) is 5.86. The van der Waals surface area contributed by atoms with E-state index in [0.717, 1.165) is 16.6 Å². The Morgan fingerprint density at radius 3 is 2.65 bits per heavy atom. The van der Waals surface area contributed by atoms with Gasteiger partial charge in [-0.2, -0.15) is 0 Å². The van der Waals surface area contributed by atoms with Crippen LogP contribution < -0.4 is 11.0 Å². The van der Waals surface area contributed by atoms with Crippen LogP contribution >= 0.6 is 11.6 Å². The number of hydrogen-bond donors (Lipinski definition) is 3. The van der Waals surface area contributed by atoms with Gasteiger partial charge in [-0.3, -0.25) is 4.79 Å². The Kier molecular flexibility index (Phi) is 3.90. The largest absolute Gasteiger partial charge is 0.349 e. The van der Waals surface area contributed by atoms with E-state index in [9.17, 15) is 9.59 Å². The summed E-state index contributed by atoms with van der Waals surface area (Å²) in [4.78, 5) is 28.7. The SMILES string of the molecule is CC(NC(=O)C(C)(C)CCl)c1ccc2[nH]c(=O)[nH]c2c1. The highest BCUT2D eigenvalue weighted by atomic mass is 35.5. The lowest BCUT2D eigenvalue weighted by molar-refractivity contribution is -0.129. The fourth-order valence-corrected chi connectivity index (χ4v) is 1.98. The number of carbonyl (C=O) groups is 1. The van der Waals surface area contributed by atoms with Gasteiger partial charge in [-0.1, -0.05) is 6.07 Å². The minimum absolute atomic E-state index is 0.0948. The van der Waals surface area contributed by atoms with Crippen LogP contribution in [-0.2, 0) is 4.79 Å². The molecular weight excluding hydrogens is 278 g/mol. The van der Waals surface area contributed by atoms with Crippen LogP contribution in [0.1, 0.15) is 32.4 Å². The maximum absolute atomic E-state index is 12.1. The van der Waals surface area contributed by atoms with Crippen molar-refractivity contribution in [1.82, 2.24) is 15.3 Å². The lowest BCUT2D eigenvalue weighted by atomic mass is 9.94. The van der Waals surface area contributed by atoms with Gasteiger partial charge in [-0.25, -0.2) is 4.79 Å². The van der Waals surface area contributed by atoms with E-state index in [1.165, 1.54) is 0 Å². The monoisotopic (exact) mass is 295 g/mol. The Morgan fingerprint density at radius 2 is 2.00 bits per heavy atom. The molecule has 2 rings (SSSR count). The molecule has 108 valence electrons. The van der Waals surface area contributed by atoms with Crippen molar-refractivity contribution in [1.29, 1.82) is 0 Å².